The molecule has 2 aromatic heterocycles. The van der Waals surface area contributed by atoms with Crippen LogP contribution >= 0.6 is 0 Å². The Morgan fingerprint density at radius 1 is 1.26 bits per heavy atom. The molecule has 142 valence electrons. The molecule has 0 bridgehead atoms. The Morgan fingerprint density at radius 3 is 2.78 bits per heavy atom. The van der Waals surface area contributed by atoms with Crippen molar-refractivity contribution in [2.45, 2.75) is 38.7 Å². The third-order valence-electron chi connectivity index (χ3n) is 5.15. The van der Waals surface area contributed by atoms with E-state index in [1.807, 2.05) is 0 Å². The number of aromatic nitrogens is 2. The molecule has 0 aliphatic carbocycles. The Hall–Kier alpha value is -2.41. The minimum Gasteiger partial charge on any atom is -0.336 e. The number of hydrogen-bond acceptors (Lipinski definition) is 4. The first kappa shape index (κ1) is 18.0. The maximum atomic E-state index is 13.6. The lowest BCUT2D eigenvalue weighted by atomic mass is 9.92. The van der Waals surface area contributed by atoms with Gasteiger partial charge in [-0.15, -0.1) is 0 Å². The first-order chi connectivity index (χ1) is 13.0. The molecular formula is C20H20F3N3O. The Bertz CT molecular complexity index is 940. The van der Waals surface area contributed by atoms with Crippen molar-refractivity contribution in [3.05, 3.63) is 58.7 Å². The number of pyridine rings is 1. The maximum absolute atomic E-state index is 13.6. The van der Waals surface area contributed by atoms with E-state index in [4.69, 9.17) is 4.52 Å². The third-order valence-corrected chi connectivity index (χ3v) is 5.15. The fourth-order valence-electron chi connectivity index (χ4n) is 3.82. The number of nitrogens with zero attached hydrogens (tertiary/aromatic N) is 3. The van der Waals surface area contributed by atoms with Crippen molar-refractivity contribution in [2.75, 3.05) is 13.1 Å². The Morgan fingerprint density at radius 2 is 2.04 bits per heavy atom. The smallest absolute Gasteiger partial charge is 0.264 e. The first-order valence-electron chi connectivity index (χ1n) is 9.03. The van der Waals surface area contributed by atoms with E-state index in [0.29, 0.717) is 29.9 Å². The van der Waals surface area contributed by atoms with E-state index in [2.05, 4.69) is 15.0 Å². The molecule has 0 saturated carbocycles. The molecular weight excluding hydrogens is 355 g/mol. The number of benzene rings is 1. The van der Waals surface area contributed by atoms with Gasteiger partial charge in [-0.1, -0.05) is 17.3 Å². The van der Waals surface area contributed by atoms with Gasteiger partial charge in [-0.2, -0.15) is 0 Å². The van der Waals surface area contributed by atoms with Gasteiger partial charge in [0.2, 0.25) is 0 Å². The summed E-state index contributed by atoms with van der Waals surface area (Å²) in [6.45, 7) is 3.97. The van der Waals surface area contributed by atoms with Crippen LogP contribution in [0.25, 0.3) is 11.1 Å². The molecule has 1 aliphatic rings. The first-order valence-corrected chi connectivity index (χ1v) is 9.03. The number of rotatable bonds is 4. The molecule has 1 atom stereocenters. The molecule has 1 saturated heterocycles. The molecule has 4 rings (SSSR count). The molecule has 4 nitrogen and oxygen atoms in total. The number of hydrogen-bond donors (Lipinski definition) is 0. The van der Waals surface area contributed by atoms with Crippen molar-refractivity contribution in [1.82, 2.24) is 15.0 Å². The number of aryl methyl sites for hydroxylation is 1. The minimum atomic E-state index is -2.61. The number of likely N-dealkylation sites (tertiary alicyclic amines) is 1. The zero-order chi connectivity index (χ0) is 19.0. The Kier molecular flexibility index (Phi) is 4.86. The van der Waals surface area contributed by atoms with Crippen molar-refractivity contribution in [2.24, 2.45) is 0 Å². The van der Waals surface area contributed by atoms with Crippen LogP contribution in [0.5, 0.6) is 0 Å². The molecule has 1 fully saturated rings. The van der Waals surface area contributed by atoms with Crippen LogP contribution in [0.1, 0.15) is 47.7 Å². The normalized spacial score (nSPS) is 18.5. The van der Waals surface area contributed by atoms with Crippen LogP contribution in [0.3, 0.4) is 0 Å². The van der Waals surface area contributed by atoms with Gasteiger partial charge in [-0.05, 0) is 50.1 Å². The predicted molar refractivity (Wildman–Crippen MR) is 95.2 cm³/mol. The Labute approximate surface area is 155 Å². The van der Waals surface area contributed by atoms with E-state index in [0.717, 1.165) is 24.9 Å². The van der Waals surface area contributed by atoms with Gasteiger partial charge in [0, 0.05) is 30.3 Å². The lowest BCUT2D eigenvalue weighted by molar-refractivity contribution is 0.152. The van der Waals surface area contributed by atoms with Gasteiger partial charge in [0.05, 0.1) is 11.1 Å². The van der Waals surface area contributed by atoms with Gasteiger partial charge < -0.3 is 4.52 Å². The van der Waals surface area contributed by atoms with Crippen molar-refractivity contribution >= 4 is 11.1 Å². The van der Waals surface area contributed by atoms with Gasteiger partial charge >= 0.3 is 0 Å². The summed E-state index contributed by atoms with van der Waals surface area (Å²) in [6, 6.07) is 7.95. The average Bonchev–Trinajstić information content (AvgIpc) is 3.04. The molecule has 1 unspecified atom stereocenters. The molecule has 0 N–H and O–H groups in total. The molecule has 1 aliphatic heterocycles. The summed E-state index contributed by atoms with van der Waals surface area (Å²) in [6.07, 6.45) is -0.773. The average molecular weight is 375 g/mol. The van der Waals surface area contributed by atoms with Gasteiger partial charge in [-0.25, -0.2) is 18.2 Å². The van der Waals surface area contributed by atoms with Crippen LogP contribution in [0.15, 0.2) is 34.9 Å². The van der Waals surface area contributed by atoms with E-state index >= 15 is 0 Å². The summed E-state index contributed by atoms with van der Waals surface area (Å²) in [7, 11) is 0. The van der Waals surface area contributed by atoms with Crippen LogP contribution in [-0.2, 0) is 6.54 Å². The molecule has 7 heteroatoms. The summed E-state index contributed by atoms with van der Waals surface area (Å²) < 4.78 is 45.4. The summed E-state index contributed by atoms with van der Waals surface area (Å²) in [5.41, 5.74) is 2.19. The highest BCUT2D eigenvalue weighted by molar-refractivity contribution is 5.80. The SMILES string of the molecule is Cc1noc2nc(C3CCCN(Cc4ccc(F)cc4)C3)cc(C(F)F)c12. The van der Waals surface area contributed by atoms with E-state index in [9.17, 15) is 13.2 Å². The van der Waals surface area contributed by atoms with E-state index in [-0.39, 0.29) is 23.0 Å². The molecule has 27 heavy (non-hydrogen) atoms. The van der Waals surface area contributed by atoms with Gasteiger partial charge in [0.25, 0.3) is 12.1 Å². The largest absolute Gasteiger partial charge is 0.336 e. The fourth-order valence-corrected chi connectivity index (χ4v) is 3.82. The van der Waals surface area contributed by atoms with Crippen LogP contribution in [0.2, 0.25) is 0 Å². The molecule has 3 aromatic rings. The summed E-state index contributed by atoms with van der Waals surface area (Å²) >= 11 is 0. The molecule has 0 amide bonds. The third kappa shape index (κ3) is 3.69. The van der Waals surface area contributed by atoms with Gasteiger partial charge in [-0.3, -0.25) is 4.90 Å². The van der Waals surface area contributed by atoms with Gasteiger partial charge in [0.1, 0.15) is 5.82 Å². The monoisotopic (exact) mass is 375 g/mol. The number of halogens is 3. The summed E-state index contributed by atoms with van der Waals surface area (Å²) in [4.78, 5) is 6.73. The second-order valence-corrected chi connectivity index (χ2v) is 7.09. The van der Waals surface area contributed by atoms with Crippen molar-refractivity contribution in [1.29, 1.82) is 0 Å². The van der Waals surface area contributed by atoms with Crippen LogP contribution in [0.4, 0.5) is 13.2 Å². The predicted octanol–water partition coefficient (Wildman–Crippen LogP) is 4.99. The highest BCUT2D eigenvalue weighted by atomic mass is 19.3. The fraction of sp³-hybridized carbons (Fsp3) is 0.400. The number of fused-ring (bicyclic) bond motifs is 1. The molecule has 0 spiro atoms. The maximum Gasteiger partial charge on any atom is 0.264 e. The van der Waals surface area contributed by atoms with E-state index in [1.165, 1.54) is 18.2 Å². The second kappa shape index (κ2) is 7.31. The molecule has 3 heterocycles. The van der Waals surface area contributed by atoms with Crippen LogP contribution < -0.4 is 0 Å². The highest BCUT2D eigenvalue weighted by Gasteiger charge is 2.26. The van der Waals surface area contributed by atoms with Crippen molar-refractivity contribution in [3.63, 3.8) is 0 Å². The second-order valence-electron chi connectivity index (χ2n) is 7.09. The van der Waals surface area contributed by atoms with E-state index < -0.39 is 6.43 Å². The summed E-state index contributed by atoms with van der Waals surface area (Å²) in [5, 5.41) is 4.10. The van der Waals surface area contributed by atoms with Crippen LogP contribution in [-0.4, -0.2) is 28.1 Å². The lowest BCUT2D eigenvalue weighted by Gasteiger charge is -2.32. The lowest BCUT2D eigenvalue weighted by Crippen LogP contribution is -2.34. The molecule has 0 radical (unpaired) electrons. The summed E-state index contributed by atoms with van der Waals surface area (Å²) in [5.74, 6) is -0.207. The Balaban J connectivity index is 1.58. The number of alkyl halides is 2. The quantitative estimate of drug-likeness (QED) is 0.644. The zero-order valence-corrected chi connectivity index (χ0v) is 15.0. The zero-order valence-electron chi connectivity index (χ0n) is 15.0. The topological polar surface area (TPSA) is 42.2 Å². The molecule has 1 aromatic carbocycles. The number of piperidine rings is 1. The van der Waals surface area contributed by atoms with E-state index in [1.54, 1.807) is 19.1 Å². The minimum absolute atomic E-state index is 0.0477. The van der Waals surface area contributed by atoms with Crippen molar-refractivity contribution in [3.8, 4) is 0 Å². The van der Waals surface area contributed by atoms with Crippen molar-refractivity contribution < 1.29 is 17.7 Å². The standard InChI is InChI=1S/C20H20F3N3O/c1-12-18-16(19(22)23)9-17(24-20(18)27-25-12)14-3-2-8-26(11-14)10-13-4-6-15(21)7-5-13/h4-7,9,14,19H,2-3,8,10-11H2,1H3. The highest BCUT2D eigenvalue weighted by Crippen LogP contribution is 2.34. The van der Waals surface area contributed by atoms with Crippen LogP contribution in [0, 0.1) is 12.7 Å². The van der Waals surface area contributed by atoms with Gasteiger partial charge in [0.15, 0.2) is 0 Å².